The fraction of sp³-hybridized carbons (Fsp3) is 0.650. The molecule has 1 amide bonds. The van der Waals surface area contributed by atoms with Crippen LogP contribution in [0.15, 0.2) is 24.3 Å². The number of amides is 1. The zero-order valence-electron chi connectivity index (χ0n) is 15.0. The van der Waals surface area contributed by atoms with Gasteiger partial charge in [0.25, 0.3) is 5.91 Å². The van der Waals surface area contributed by atoms with Crippen LogP contribution in [0, 0.1) is 5.92 Å². The van der Waals surface area contributed by atoms with Crippen molar-refractivity contribution < 1.29 is 14.6 Å². The van der Waals surface area contributed by atoms with E-state index in [0.29, 0.717) is 26.3 Å². The van der Waals surface area contributed by atoms with E-state index in [1.54, 1.807) is 0 Å². The summed E-state index contributed by atoms with van der Waals surface area (Å²) in [7, 11) is 0. The van der Waals surface area contributed by atoms with Gasteiger partial charge in [-0.1, -0.05) is 25.0 Å². The van der Waals surface area contributed by atoms with Gasteiger partial charge in [0.2, 0.25) is 0 Å². The Labute approximate surface area is 150 Å². The number of carbonyl (C=O) groups is 1. The molecule has 0 spiro atoms. The predicted molar refractivity (Wildman–Crippen MR) is 97.5 cm³/mol. The molecule has 25 heavy (non-hydrogen) atoms. The molecule has 1 atom stereocenters. The van der Waals surface area contributed by atoms with E-state index < -0.39 is 0 Å². The summed E-state index contributed by atoms with van der Waals surface area (Å²) in [4.78, 5) is 17.2. The number of carbonyl (C=O) groups excluding carboxylic acids is 1. The van der Waals surface area contributed by atoms with Crippen LogP contribution < -0.4 is 0 Å². The van der Waals surface area contributed by atoms with Crippen LogP contribution in [0.25, 0.3) is 0 Å². The van der Waals surface area contributed by atoms with Crippen LogP contribution in [0.2, 0.25) is 0 Å². The lowest BCUT2D eigenvalue weighted by Gasteiger charge is -2.23. The molecule has 2 heterocycles. The van der Waals surface area contributed by atoms with Gasteiger partial charge in [0.15, 0.2) is 0 Å². The summed E-state index contributed by atoms with van der Waals surface area (Å²) in [5.74, 6) is 0.0494. The molecule has 2 aliphatic rings. The Morgan fingerprint density at radius 3 is 2.72 bits per heavy atom. The Bertz CT molecular complexity index is 556. The SMILES string of the molecule is O=C(c1cccc(CN2CCCCCC2)c1)N1CCOCC(CO)C1. The van der Waals surface area contributed by atoms with Crippen LogP contribution in [0.3, 0.4) is 0 Å². The molecule has 3 rings (SSSR count). The molecule has 0 aliphatic carbocycles. The molecule has 1 N–H and O–H groups in total. The molecule has 1 aromatic carbocycles. The van der Waals surface area contributed by atoms with Gasteiger partial charge in [0, 0.05) is 37.7 Å². The third-order valence-electron chi connectivity index (χ3n) is 5.16. The molecule has 0 radical (unpaired) electrons. The largest absolute Gasteiger partial charge is 0.396 e. The van der Waals surface area contributed by atoms with Gasteiger partial charge in [0.05, 0.1) is 13.2 Å². The van der Waals surface area contributed by atoms with Crippen LogP contribution in [0.5, 0.6) is 0 Å². The summed E-state index contributed by atoms with van der Waals surface area (Å²) in [6.07, 6.45) is 5.21. The highest BCUT2D eigenvalue weighted by atomic mass is 16.5. The van der Waals surface area contributed by atoms with Gasteiger partial charge >= 0.3 is 0 Å². The fourth-order valence-electron chi connectivity index (χ4n) is 3.71. The second-order valence-corrected chi connectivity index (χ2v) is 7.27. The number of likely N-dealkylation sites (tertiary alicyclic amines) is 1. The first-order valence-corrected chi connectivity index (χ1v) is 9.55. The average Bonchev–Trinajstić information content (AvgIpc) is 3.04. The average molecular weight is 346 g/mol. The number of hydrogen-bond donors (Lipinski definition) is 1. The third kappa shape index (κ3) is 5.27. The smallest absolute Gasteiger partial charge is 0.253 e. The Kier molecular flexibility index (Phi) is 6.84. The Morgan fingerprint density at radius 1 is 1.16 bits per heavy atom. The van der Waals surface area contributed by atoms with Crippen molar-refractivity contribution in [2.75, 3.05) is 46.0 Å². The highest BCUT2D eigenvalue weighted by Crippen LogP contribution is 2.16. The van der Waals surface area contributed by atoms with E-state index in [2.05, 4.69) is 11.0 Å². The molecule has 5 heteroatoms. The molecule has 2 aliphatic heterocycles. The van der Waals surface area contributed by atoms with E-state index in [1.165, 1.54) is 31.2 Å². The minimum absolute atomic E-state index is 0.00623. The Hall–Kier alpha value is -1.43. The number of nitrogens with zero attached hydrogens (tertiary/aromatic N) is 2. The summed E-state index contributed by atoms with van der Waals surface area (Å²) in [5, 5.41) is 9.41. The summed E-state index contributed by atoms with van der Waals surface area (Å²) in [6.45, 7) is 5.49. The van der Waals surface area contributed by atoms with Crippen LogP contribution in [-0.4, -0.2) is 66.8 Å². The second kappa shape index (κ2) is 9.32. The molecule has 2 saturated heterocycles. The standard InChI is InChI=1S/C20H30N2O3/c23-15-18-14-22(10-11-25-16-18)20(24)19-7-5-6-17(12-19)13-21-8-3-1-2-4-9-21/h5-7,12,18,23H,1-4,8-11,13-16H2. The Balaban J connectivity index is 1.66. The lowest BCUT2D eigenvalue weighted by Crippen LogP contribution is -2.36. The number of ether oxygens (including phenoxy) is 1. The molecule has 0 bridgehead atoms. The van der Waals surface area contributed by atoms with Crippen LogP contribution in [0.4, 0.5) is 0 Å². The van der Waals surface area contributed by atoms with Crippen molar-refractivity contribution in [1.29, 1.82) is 0 Å². The number of aliphatic hydroxyl groups excluding tert-OH is 1. The van der Waals surface area contributed by atoms with E-state index in [0.717, 1.165) is 25.2 Å². The molecule has 2 fully saturated rings. The van der Waals surface area contributed by atoms with E-state index in [9.17, 15) is 9.90 Å². The highest BCUT2D eigenvalue weighted by Gasteiger charge is 2.23. The Morgan fingerprint density at radius 2 is 1.96 bits per heavy atom. The normalized spacial score (nSPS) is 23.1. The molecule has 138 valence electrons. The van der Waals surface area contributed by atoms with Crippen molar-refractivity contribution in [3.63, 3.8) is 0 Å². The number of benzene rings is 1. The van der Waals surface area contributed by atoms with Crippen molar-refractivity contribution in [2.24, 2.45) is 5.92 Å². The summed E-state index contributed by atoms with van der Waals surface area (Å²) >= 11 is 0. The molecule has 0 aromatic heterocycles. The van der Waals surface area contributed by atoms with Gasteiger partial charge in [-0.25, -0.2) is 0 Å². The summed E-state index contributed by atoms with van der Waals surface area (Å²) < 4.78 is 5.49. The van der Waals surface area contributed by atoms with Crippen LogP contribution in [0.1, 0.15) is 41.6 Å². The molecular formula is C20H30N2O3. The maximum absolute atomic E-state index is 12.9. The lowest BCUT2D eigenvalue weighted by molar-refractivity contribution is 0.0728. The quantitative estimate of drug-likeness (QED) is 0.908. The van der Waals surface area contributed by atoms with Crippen molar-refractivity contribution in [3.05, 3.63) is 35.4 Å². The molecule has 0 saturated carbocycles. The third-order valence-corrected chi connectivity index (χ3v) is 5.16. The summed E-state index contributed by atoms with van der Waals surface area (Å²) in [5.41, 5.74) is 1.95. The van der Waals surface area contributed by atoms with Gasteiger partial charge in [-0.05, 0) is 43.6 Å². The van der Waals surface area contributed by atoms with Gasteiger partial charge in [-0.15, -0.1) is 0 Å². The number of rotatable bonds is 4. The van der Waals surface area contributed by atoms with Crippen molar-refractivity contribution in [1.82, 2.24) is 9.80 Å². The first kappa shape index (κ1) is 18.4. The first-order chi connectivity index (χ1) is 12.3. The monoisotopic (exact) mass is 346 g/mol. The van der Waals surface area contributed by atoms with Gasteiger partial charge in [0.1, 0.15) is 0 Å². The van der Waals surface area contributed by atoms with Crippen LogP contribution in [-0.2, 0) is 11.3 Å². The molecule has 1 aromatic rings. The molecule has 1 unspecified atom stereocenters. The van der Waals surface area contributed by atoms with Gasteiger partial charge in [-0.3, -0.25) is 9.69 Å². The minimum atomic E-state index is 0.00623. The van der Waals surface area contributed by atoms with E-state index in [1.807, 2.05) is 23.1 Å². The summed E-state index contributed by atoms with van der Waals surface area (Å²) in [6, 6.07) is 8.03. The predicted octanol–water partition coefficient (Wildman–Crippen LogP) is 2.14. The molecule has 5 nitrogen and oxygen atoms in total. The fourth-order valence-corrected chi connectivity index (χ4v) is 3.71. The lowest BCUT2D eigenvalue weighted by atomic mass is 10.1. The zero-order valence-corrected chi connectivity index (χ0v) is 15.0. The second-order valence-electron chi connectivity index (χ2n) is 7.27. The zero-order chi connectivity index (χ0) is 17.5. The highest BCUT2D eigenvalue weighted by molar-refractivity contribution is 5.94. The minimum Gasteiger partial charge on any atom is -0.396 e. The van der Waals surface area contributed by atoms with Gasteiger partial charge in [-0.2, -0.15) is 0 Å². The van der Waals surface area contributed by atoms with E-state index >= 15 is 0 Å². The van der Waals surface area contributed by atoms with Gasteiger partial charge < -0.3 is 14.7 Å². The number of aliphatic hydroxyl groups is 1. The maximum Gasteiger partial charge on any atom is 0.253 e. The number of hydrogen-bond acceptors (Lipinski definition) is 4. The van der Waals surface area contributed by atoms with Crippen LogP contribution >= 0.6 is 0 Å². The first-order valence-electron chi connectivity index (χ1n) is 9.55. The van der Waals surface area contributed by atoms with E-state index in [-0.39, 0.29) is 18.4 Å². The van der Waals surface area contributed by atoms with Crippen molar-refractivity contribution in [3.8, 4) is 0 Å². The topological polar surface area (TPSA) is 53.0 Å². The van der Waals surface area contributed by atoms with Crippen molar-refractivity contribution in [2.45, 2.75) is 32.2 Å². The van der Waals surface area contributed by atoms with Crippen molar-refractivity contribution >= 4 is 5.91 Å². The maximum atomic E-state index is 12.9. The molecular weight excluding hydrogens is 316 g/mol. The van der Waals surface area contributed by atoms with E-state index in [4.69, 9.17) is 4.74 Å².